The molecule has 2 rings (SSSR count). The molecule has 0 heterocycles. The highest BCUT2D eigenvalue weighted by atomic mass is 19.1. The van der Waals surface area contributed by atoms with E-state index in [1.165, 1.54) is 11.6 Å². The number of halogens is 1. The Hall–Kier alpha value is -1.18. The van der Waals surface area contributed by atoms with E-state index in [0.717, 1.165) is 31.1 Å². The number of benzene rings is 1. The summed E-state index contributed by atoms with van der Waals surface area (Å²) in [6.07, 6.45) is 4.59. The first-order valence-electron chi connectivity index (χ1n) is 5.03. The highest BCUT2D eigenvalue weighted by Gasteiger charge is 2.19. The molecule has 0 radical (unpaired) electrons. The lowest BCUT2D eigenvalue weighted by Crippen LogP contribution is -2.10. The number of carbonyl (C=O) groups excluding carboxylic acids is 1. The molecule has 0 amide bonds. The van der Waals surface area contributed by atoms with E-state index < -0.39 is 0 Å². The molecule has 1 atom stereocenters. The molecule has 0 N–H and O–H groups in total. The quantitative estimate of drug-likeness (QED) is 0.658. The van der Waals surface area contributed by atoms with Gasteiger partial charge in [0, 0.05) is 6.42 Å². The van der Waals surface area contributed by atoms with Crippen molar-refractivity contribution in [2.24, 2.45) is 0 Å². The van der Waals surface area contributed by atoms with Gasteiger partial charge in [-0.05, 0) is 48.4 Å². The van der Waals surface area contributed by atoms with Gasteiger partial charge in [-0.15, -0.1) is 0 Å². The molecule has 1 aliphatic carbocycles. The molecular formula is C12H13FO. The molecular weight excluding hydrogens is 179 g/mol. The summed E-state index contributed by atoms with van der Waals surface area (Å²) in [6.45, 7) is 0. The van der Waals surface area contributed by atoms with Crippen LogP contribution in [-0.4, -0.2) is 6.29 Å². The topological polar surface area (TPSA) is 17.1 Å². The molecule has 2 heteroatoms. The van der Waals surface area contributed by atoms with Crippen LogP contribution in [0.2, 0.25) is 0 Å². The smallest absolute Gasteiger partial charge is 0.123 e. The minimum atomic E-state index is -0.171. The van der Waals surface area contributed by atoms with Gasteiger partial charge < -0.3 is 4.79 Å². The number of rotatable bonds is 2. The first-order chi connectivity index (χ1) is 6.81. The van der Waals surface area contributed by atoms with Gasteiger partial charge in [-0.25, -0.2) is 4.39 Å². The second kappa shape index (κ2) is 3.91. The number of carbonyl (C=O) groups is 1. The number of hydrogen-bond acceptors (Lipinski definition) is 1. The van der Waals surface area contributed by atoms with E-state index >= 15 is 0 Å². The maximum atomic E-state index is 12.9. The van der Waals surface area contributed by atoms with Crippen molar-refractivity contribution < 1.29 is 9.18 Å². The summed E-state index contributed by atoms with van der Waals surface area (Å²) in [5.41, 5.74) is 2.26. The Morgan fingerprint density at radius 1 is 1.50 bits per heavy atom. The van der Waals surface area contributed by atoms with Gasteiger partial charge in [-0.3, -0.25) is 0 Å². The number of aryl methyl sites for hydroxylation is 1. The van der Waals surface area contributed by atoms with E-state index in [1.807, 2.05) is 6.07 Å². The van der Waals surface area contributed by atoms with Crippen molar-refractivity contribution in [2.45, 2.75) is 31.6 Å². The van der Waals surface area contributed by atoms with Crippen LogP contribution in [0.5, 0.6) is 0 Å². The molecule has 0 bridgehead atoms. The van der Waals surface area contributed by atoms with Crippen LogP contribution in [0.4, 0.5) is 4.39 Å². The molecule has 1 aromatic carbocycles. The van der Waals surface area contributed by atoms with Gasteiger partial charge in [0.05, 0.1) is 0 Å². The molecule has 0 spiro atoms. The van der Waals surface area contributed by atoms with Crippen LogP contribution in [0.1, 0.15) is 36.3 Å². The summed E-state index contributed by atoms with van der Waals surface area (Å²) < 4.78 is 12.9. The van der Waals surface area contributed by atoms with Gasteiger partial charge in [0.1, 0.15) is 12.1 Å². The first kappa shape index (κ1) is 9.38. The van der Waals surface area contributed by atoms with Gasteiger partial charge in [-0.1, -0.05) is 6.07 Å². The van der Waals surface area contributed by atoms with Crippen LogP contribution in [0.25, 0.3) is 0 Å². The van der Waals surface area contributed by atoms with Crippen molar-refractivity contribution in [1.29, 1.82) is 0 Å². The average molecular weight is 192 g/mol. The lowest BCUT2D eigenvalue weighted by molar-refractivity contribution is -0.108. The Balaban J connectivity index is 2.34. The minimum Gasteiger partial charge on any atom is -0.303 e. The second-order valence-electron chi connectivity index (χ2n) is 3.83. The zero-order valence-corrected chi connectivity index (χ0v) is 8.00. The normalized spacial score (nSPS) is 20.2. The van der Waals surface area contributed by atoms with E-state index in [-0.39, 0.29) is 5.82 Å². The van der Waals surface area contributed by atoms with E-state index in [2.05, 4.69) is 0 Å². The summed E-state index contributed by atoms with van der Waals surface area (Å²) in [5.74, 6) is 0.146. The molecule has 0 aromatic heterocycles. The third-order valence-electron chi connectivity index (χ3n) is 2.92. The maximum Gasteiger partial charge on any atom is 0.123 e. The van der Waals surface area contributed by atoms with E-state index in [0.29, 0.717) is 12.3 Å². The predicted octanol–water partition coefficient (Wildman–Crippen LogP) is 2.83. The van der Waals surface area contributed by atoms with Crippen molar-refractivity contribution in [3.05, 3.63) is 35.1 Å². The molecule has 1 nitrogen and oxygen atoms in total. The van der Waals surface area contributed by atoms with Crippen LogP contribution >= 0.6 is 0 Å². The molecule has 0 aliphatic heterocycles. The Morgan fingerprint density at radius 2 is 2.36 bits per heavy atom. The standard InChI is InChI=1S/C12H13FO/c13-11-4-5-12-9(6-7-14)2-1-3-10(12)8-11/h4-5,7-9H,1-3,6H2. The fourth-order valence-corrected chi connectivity index (χ4v) is 2.24. The maximum absolute atomic E-state index is 12.9. The van der Waals surface area contributed by atoms with Crippen molar-refractivity contribution in [3.8, 4) is 0 Å². The van der Waals surface area contributed by atoms with Gasteiger partial charge >= 0.3 is 0 Å². The van der Waals surface area contributed by atoms with Crippen LogP contribution in [0, 0.1) is 5.82 Å². The zero-order chi connectivity index (χ0) is 9.97. The molecule has 74 valence electrons. The molecule has 1 aliphatic rings. The van der Waals surface area contributed by atoms with Crippen molar-refractivity contribution >= 4 is 6.29 Å². The summed E-state index contributed by atoms with van der Waals surface area (Å²) in [5, 5.41) is 0. The monoisotopic (exact) mass is 192 g/mol. The SMILES string of the molecule is O=CCC1CCCc2cc(F)ccc21. The lowest BCUT2D eigenvalue weighted by Gasteiger charge is -2.23. The summed E-state index contributed by atoms with van der Waals surface area (Å²) in [6, 6.07) is 4.92. The number of hydrogen-bond donors (Lipinski definition) is 0. The second-order valence-corrected chi connectivity index (χ2v) is 3.83. The van der Waals surface area contributed by atoms with Gasteiger partial charge in [0.15, 0.2) is 0 Å². The third-order valence-corrected chi connectivity index (χ3v) is 2.92. The molecule has 1 unspecified atom stereocenters. The Morgan fingerprint density at radius 3 is 3.14 bits per heavy atom. The summed E-state index contributed by atoms with van der Waals surface area (Å²) >= 11 is 0. The van der Waals surface area contributed by atoms with Gasteiger partial charge in [-0.2, -0.15) is 0 Å². The van der Waals surface area contributed by atoms with Crippen molar-refractivity contribution in [1.82, 2.24) is 0 Å². The Bertz CT molecular complexity index is 346. The number of aldehydes is 1. The van der Waals surface area contributed by atoms with Gasteiger partial charge in [0.2, 0.25) is 0 Å². The fraction of sp³-hybridized carbons (Fsp3) is 0.417. The molecule has 14 heavy (non-hydrogen) atoms. The van der Waals surface area contributed by atoms with E-state index in [9.17, 15) is 9.18 Å². The summed E-state index contributed by atoms with van der Waals surface area (Å²) in [7, 11) is 0. The molecule has 0 fully saturated rings. The Labute approximate surface area is 82.9 Å². The average Bonchev–Trinajstić information content (AvgIpc) is 2.18. The van der Waals surface area contributed by atoms with Crippen LogP contribution in [0.3, 0.4) is 0 Å². The highest BCUT2D eigenvalue weighted by Crippen LogP contribution is 2.33. The largest absolute Gasteiger partial charge is 0.303 e. The van der Waals surface area contributed by atoms with Crippen LogP contribution in [0.15, 0.2) is 18.2 Å². The van der Waals surface area contributed by atoms with Crippen LogP contribution < -0.4 is 0 Å². The summed E-state index contributed by atoms with van der Waals surface area (Å²) in [4.78, 5) is 10.5. The third kappa shape index (κ3) is 1.69. The minimum absolute atomic E-state index is 0.171. The Kier molecular flexibility index (Phi) is 2.62. The molecule has 0 saturated heterocycles. The molecule has 1 aromatic rings. The number of fused-ring (bicyclic) bond motifs is 1. The zero-order valence-electron chi connectivity index (χ0n) is 8.00. The predicted molar refractivity (Wildman–Crippen MR) is 52.8 cm³/mol. The highest BCUT2D eigenvalue weighted by molar-refractivity contribution is 5.52. The van der Waals surface area contributed by atoms with Crippen molar-refractivity contribution in [3.63, 3.8) is 0 Å². The van der Waals surface area contributed by atoms with E-state index in [4.69, 9.17) is 0 Å². The fourth-order valence-electron chi connectivity index (χ4n) is 2.24. The first-order valence-corrected chi connectivity index (χ1v) is 5.03. The van der Waals surface area contributed by atoms with Gasteiger partial charge in [0.25, 0.3) is 0 Å². The van der Waals surface area contributed by atoms with E-state index in [1.54, 1.807) is 6.07 Å². The van der Waals surface area contributed by atoms with Crippen LogP contribution in [-0.2, 0) is 11.2 Å². The molecule has 0 saturated carbocycles. The van der Waals surface area contributed by atoms with Crippen molar-refractivity contribution in [2.75, 3.05) is 0 Å². The lowest BCUT2D eigenvalue weighted by atomic mass is 9.81.